The number of para-hydroxylation sites is 1. The fraction of sp³-hybridized carbons (Fsp3) is 0.348. The van der Waals surface area contributed by atoms with Crippen LogP contribution in [0.4, 0.5) is 5.82 Å². The number of nitrogens with zero attached hydrogens (tertiary/aromatic N) is 4. The number of aliphatic hydroxyl groups excluding tert-OH is 1. The summed E-state index contributed by atoms with van der Waals surface area (Å²) < 4.78 is 6.06. The second kappa shape index (κ2) is 8.28. The number of rotatable bonds is 5. The SMILES string of the molecule is C[C@@H]1CN(c2ccnc([C@@H](C)O)n2)C[C@H](C)N1C(=CC=O)c1cc2ccccc2o1. The van der Waals surface area contributed by atoms with E-state index in [9.17, 15) is 9.90 Å². The first-order chi connectivity index (χ1) is 14.5. The molecule has 1 aliphatic rings. The Morgan fingerprint density at radius 3 is 2.63 bits per heavy atom. The van der Waals surface area contributed by atoms with Gasteiger partial charge in [0, 0.05) is 42.8 Å². The summed E-state index contributed by atoms with van der Waals surface area (Å²) in [4.78, 5) is 24.5. The third-order valence-corrected chi connectivity index (χ3v) is 5.46. The van der Waals surface area contributed by atoms with Gasteiger partial charge < -0.3 is 19.3 Å². The molecule has 0 radical (unpaired) electrons. The molecule has 156 valence electrons. The van der Waals surface area contributed by atoms with Crippen LogP contribution in [0.1, 0.15) is 38.5 Å². The summed E-state index contributed by atoms with van der Waals surface area (Å²) in [6.45, 7) is 7.35. The molecule has 0 amide bonds. The molecule has 4 rings (SSSR count). The predicted octanol–water partition coefficient (Wildman–Crippen LogP) is 3.42. The molecule has 30 heavy (non-hydrogen) atoms. The minimum atomic E-state index is -0.712. The topological polar surface area (TPSA) is 82.7 Å². The number of furan rings is 1. The lowest BCUT2D eigenvalue weighted by molar-refractivity contribution is -0.104. The summed E-state index contributed by atoms with van der Waals surface area (Å²) >= 11 is 0. The number of hydrogen-bond acceptors (Lipinski definition) is 7. The normalized spacial score (nSPS) is 21.1. The Morgan fingerprint density at radius 2 is 1.97 bits per heavy atom. The van der Waals surface area contributed by atoms with Crippen molar-refractivity contribution in [1.82, 2.24) is 14.9 Å². The van der Waals surface area contributed by atoms with Crippen molar-refractivity contribution in [3.63, 3.8) is 0 Å². The molecule has 0 saturated carbocycles. The number of aldehydes is 1. The van der Waals surface area contributed by atoms with Gasteiger partial charge >= 0.3 is 0 Å². The van der Waals surface area contributed by atoms with Gasteiger partial charge in [-0.3, -0.25) is 4.79 Å². The first kappa shape index (κ1) is 20.1. The first-order valence-corrected chi connectivity index (χ1v) is 10.2. The van der Waals surface area contributed by atoms with Crippen molar-refractivity contribution in [1.29, 1.82) is 0 Å². The highest BCUT2D eigenvalue weighted by Gasteiger charge is 2.33. The second-order valence-electron chi connectivity index (χ2n) is 7.80. The molecular weight excluding hydrogens is 380 g/mol. The van der Waals surface area contributed by atoms with E-state index in [-0.39, 0.29) is 12.1 Å². The van der Waals surface area contributed by atoms with Crippen molar-refractivity contribution in [3.8, 4) is 0 Å². The molecule has 3 heterocycles. The fourth-order valence-corrected chi connectivity index (χ4v) is 4.19. The molecule has 1 aliphatic heterocycles. The highest BCUT2D eigenvalue weighted by atomic mass is 16.3. The number of carbonyl (C=O) groups is 1. The standard InChI is InChI=1S/C23H26N4O3/c1-15-13-26(22-8-10-24-23(25-22)17(3)29)14-16(2)27(15)19(9-11-28)21-12-18-6-4-5-7-20(18)30-21/h4-12,15-17,29H,13-14H2,1-3H3/t15-,16+,17-/m1/s1. The van der Waals surface area contributed by atoms with Crippen LogP contribution in [0.15, 0.2) is 53.1 Å². The van der Waals surface area contributed by atoms with E-state index in [0.717, 1.165) is 41.9 Å². The number of hydrogen-bond donors (Lipinski definition) is 1. The van der Waals surface area contributed by atoms with E-state index < -0.39 is 6.10 Å². The van der Waals surface area contributed by atoms with Gasteiger partial charge in [-0.1, -0.05) is 18.2 Å². The van der Waals surface area contributed by atoms with Crippen LogP contribution in [0.2, 0.25) is 0 Å². The summed E-state index contributed by atoms with van der Waals surface area (Å²) in [6, 6.07) is 11.9. The minimum Gasteiger partial charge on any atom is -0.455 e. The quantitative estimate of drug-likeness (QED) is 0.513. The number of piperazine rings is 1. The van der Waals surface area contributed by atoms with E-state index in [1.54, 1.807) is 19.2 Å². The van der Waals surface area contributed by atoms with Crippen molar-refractivity contribution >= 4 is 28.8 Å². The Hall–Kier alpha value is -3.19. The summed E-state index contributed by atoms with van der Waals surface area (Å²) in [5.74, 6) is 1.90. The monoisotopic (exact) mass is 406 g/mol. The van der Waals surface area contributed by atoms with Gasteiger partial charge in [0.2, 0.25) is 0 Å². The van der Waals surface area contributed by atoms with Crippen LogP contribution in [0, 0.1) is 0 Å². The highest BCUT2D eigenvalue weighted by Crippen LogP contribution is 2.32. The van der Waals surface area contributed by atoms with Gasteiger partial charge in [-0.05, 0) is 39.0 Å². The average Bonchev–Trinajstić information content (AvgIpc) is 3.16. The van der Waals surface area contributed by atoms with Crippen molar-refractivity contribution in [2.45, 2.75) is 39.0 Å². The zero-order chi connectivity index (χ0) is 21.3. The van der Waals surface area contributed by atoms with Gasteiger partial charge in [-0.25, -0.2) is 9.97 Å². The van der Waals surface area contributed by atoms with E-state index in [1.165, 1.54) is 0 Å². The highest BCUT2D eigenvalue weighted by molar-refractivity contribution is 5.85. The summed E-state index contributed by atoms with van der Waals surface area (Å²) in [7, 11) is 0. The third kappa shape index (κ3) is 3.80. The molecule has 1 N–H and O–H groups in total. The Bertz CT molecular complexity index is 1030. The van der Waals surface area contributed by atoms with Gasteiger partial charge in [0.25, 0.3) is 0 Å². The molecule has 1 aromatic carbocycles. The van der Waals surface area contributed by atoms with Gasteiger partial charge in [-0.15, -0.1) is 0 Å². The van der Waals surface area contributed by atoms with Crippen molar-refractivity contribution < 1.29 is 14.3 Å². The smallest absolute Gasteiger partial charge is 0.158 e. The van der Waals surface area contributed by atoms with E-state index in [2.05, 4.69) is 33.6 Å². The predicted molar refractivity (Wildman–Crippen MR) is 116 cm³/mol. The van der Waals surface area contributed by atoms with Crippen LogP contribution in [0.25, 0.3) is 16.7 Å². The van der Waals surface area contributed by atoms with Crippen LogP contribution >= 0.6 is 0 Å². The van der Waals surface area contributed by atoms with Crippen molar-refractivity contribution in [2.75, 3.05) is 18.0 Å². The molecule has 0 aliphatic carbocycles. The Labute approximate surface area is 175 Å². The number of anilines is 1. The van der Waals surface area contributed by atoms with Gasteiger partial charge in [0.1, 0.15) is 23.8 Å². The molecule has 3 atom stereocenters. The fourth-order valence-electron chi connectivity index (χ4n) is 4.19. The van der Waals surface area contributed by atoms with E-state index in [1.807, 2.05) is 36.4 Å². The lowest BCUT2D eigenvalue weighted by Crippen LogP contribution is -2.56. The van der Waals surface area contributed by atoms with Crippen LogP contribution in [0.3, 0.4) is 0 Å². The molecule has 1 saturated heterocycles. The molecule has 0 unspecified atom stereocenters. The Balaban J connectivity index is 1.62. The number of allylic oxidation sites excluding steroid dienone is 1. The number of fused-ring (bicyclic) bond motifs is 1. The van der Waals surface area contributed by atoms with Crippen LogP contribution in [-0.4, -0.2) is 51.4 Å². The summed E-state index contributed by atoms with van der Waals surface area (Å²) in [5.41, 5.74) is 1.59. The number of carbonyl (C=O) groups excluding carboxylic acids is 1. The summed E-state index contributed by atoms with van der Waals surface area (Å²) in [6.07, 6.45) is 3.36. The Kier molecular flexibility index (Phi) is 5.55. The largest absolute Gasteiger partial charge is 0.455 e. The van der Waals surface area contributed by atoms with Gasteiger partial charge in [-0.2, -0.15) is 0 Å². The summed E-state index contributed by atoms with van der Waals surface area (Å²) in [5, 5.41) is 10.8. The molecule has 3 aromatic rings. The number of aromatic nitrogens is 2. The van der Waals surface area contributed by atoms with Gasteiger partial charge in [0.15, 0.2) is 11.6 Å². The minimum absolute atomic E-state index is 0.109. The Morgan fingerprint density at radius 1 is 1.23 bits per heavy atom. The maximum Gasteiger partial charge on any atom is 0.158 e. The molecule has 0 bridgehead atoms. The maximum absolute atomic E-state index is 11.5. The van der Waals surface area contributed by atoms with Crippen molar-refractivity contribution in [3.05, 3.63) is 60.3 Å². The molecule has 7 nitrogen and oxygen atoms in total. The number of benzene rings is 1. The zero-order valence-corrected chi connectivity index (χ0v) is 17.4. The van der Waals surface area contributed by atoms with E-state index in [4.69, 9.17) is 4.42 Å². The molecule has 7 heteroatoms. The van der Waals surface area contributed by atoms with Crippen LogP contribution in [0.5, 0.6) is 0 Å². The van der Waals surface area contributed by atoms with Gasteiger partial charge in [0.05, 0.1) is 5.70 Å². The lowest BCUT2D eigenvalue weighted by Gasteiger charge is -2.46. The maximum atomic E-state index is 11.5. The van der Waals surface area contributed by atoms with E-state index in [0.29, 0.717) is 11.6 Å². The van der Waals surface area contributed by atoms with Crippen molar-refractivity contribution in [2.24, 2.45) is 0 Å². The third-order valence-electron chi connectivity index (χ3n) is 5.46. The zero-order valence-electron chi connectivity index (χ0n) is 17.4. The van der Waals surface area contributed by atoms with E-state index >= 15 is 0 Å². The molecular formula is C23H26N4O3. The molecule has 0 spiro atoms. The van der Waals surface area contributed by atoms with Crippen LogP contribution in [-0.2, 0) is 4.79 Å². The van der Waals surface area contributed by atoms with Crippen LogP contribution < -0.4 is 4.90 Å². The molecule has 1 fully saturated rings. The molecule has 2 aromatic heterocycles. The second-order valence-corrected chi connectivity index (χ2v) is 7.80. The lowest BCUT2D eigenvalue weighted by atomic mass is 10.1. The average molecular weight is 406 g/mol. The first-order valence-electron chi connectivity index (χ1n) is 10.2. The number of aliphatic hydroxyl groups is 1.